The Morgan fingerprint density at radius 3 is 2.14 bits per heavy atom. The maximum atomic E-state index is 12.0. The van der Waals surface area contributed by atoms with E-state index in [4.69, 9.17) is 0 Å². The minimum Gasteiger partial charge on any atom is -0.336 e. The van der Waals surface area contributed by atoms with Crippen molar-refractivity contribution >= 4 is 5.91 Å². The summed E-state index contributed by atoms with van der Waals surface area (Å²) in [6.07, 6.45) is 4.95. The van der Waals surface area contributed by atoms with Gasteiger partial charge in [0, 0.05) is 18.0 Å². The largest absolute Gasteiger partial charge is 0.336 e. The highest BCUT2D eigenvalue weighted by molar-refractivity contribution is 5.79. The number of fused-ring (bicyclic) bond motifs is 2. The van der Waals surface area contributed by atoms with Crippen molar-refractivity contribution in [2.75, 3.05) is 0 Å². The molecule has 2 aliphatic rings. The minimum atomic E-state index is 0.173. The van der Waals surface area contributed by atoms with Crippen molar-refractivity contribution < 1.29 is 4.79 Å². The molecule has 2 nitrogen and oxygen atoms in total. The maximum Gasteiger partial charge on any atom is 0.225 e. The number of nitrogens with zero attached hydrogens (tertiary/aromatic N) is 1. The zero-order valence-electron chi connectivity index (χ0n) is 9.49. The van der Waals surface area contributed by atoms with Crippen molar-refractivity contribution in [3.05, 3.63) is 0 Å². The molecule has 2 fully saturated rings. The Kier molecular flexibility index (Phi) is 2.54. The topological polar surface area (TPSA) is 20.3 Å². The molecule has 0 aromatic heterocycles. The number of hydrogen-bond donors (Lipinski definition) is 0. The first-order valence-corrected chi connectivity index (χ1v) is 5.91. The number of hydrogen-bond acceptors (Lipinski definition) is 1. The molecule has 0 aromatic carbocycles. The standard InChI is InChI=1S/C12H21NO/c1-8(2)12(14)13-10-4-5-11(13)7-9(3)6-10/h8-11H,4-7H2,1-3H3/t9-,10+,11-. The quantitative estimate of drug-likeness (QED) is 0.629. The third kappa shape index (κ3) is 1.55. The van der Waals surface area contributed by atoms with E-state index < -0.39 is 0 Å². The Labute approximate surface area is 86.7 Å². The number of rotatable bonds is 1. The fourth-order valence-corrected chi connectivity index (χ4v) is 3.11. The van der Waals surface area contributed by atoms with E-state index in [2.05, 4.69) is 11.8 Å². The summed E-state index contributed by atoms with van der Waals surface area (Å²) in [5.41, 5.74) is 0. The minimum absolute atomic E-state index is 0.173. The Hall–Kier alpha value is -0.530. The number of carbonyl (C=O) groups excluding carboxylic acids is 1. The van der Waals surface area contributed by atoms with Gasteiger partial charge >= 0.3 is 0 Å². The predicted octanol–water partition coefficient (Wildman–Crippen LogP) is 2.43. The average Bonchev–Trinajstić information content (AvgIpc) is 2.37. The molecule has 0 spiro atoms. The highest BCUT2D eigenvalue weighted by Gasteiger charge is 2.42. The molecule has 2 heteroatoms. The molecular formula is C12H21NO. The van der Waals surface area contributed by atoms with Crippen LogP contribution in [-0.2, 0) is 4.79 Å². The summed E-state index contributed by atoms with van der Waals surface area (Å²) in [5.74, 6) is 1.37. The van der Waals surface area contributed by atoms with Gasteiger partial charge in [0.1, 0.15) is 0 Å². The second-order valence-corrected chi connectivity index (χ2v) is 5.36. The molecule has 14 heavy (non-hydrogen) atoms. The maximum absolute atomic E-state index is 12.0. The molecule has 0 aromatic rings. The van der Waals surface area contributed by atoms with Crippen LogP contribution in [-0.4, -0.2) is 22.9 Å². The fourth-order valence-electron chi connectivity index (χ4n) is 3.11. The first-order chi connectivity index (χ1) is 6.59. The molecule has 0 N–H and O–H groups in total. The van der Waals surface area contributed by atoms with Crippen molar-refractivity contribution in [2.45, 2.75) is 58.5 Å². The van der Waals surface area contributed by atoms with Crippen LogP contribution in [0, 0.1) is 11.8 Å². The molecule has 2 aliphatic heterocycles. The lowest BCUT2D eigenvalue weighted by Gasteiger charge is -2.38. The predicted molar refractivity (Wildman–Crippen MR) is 56.9 cm³/mol. The van der Waals surface area contributed by atoms with Gasteiger partial charge in [0.05, 0.1) is 0 Å². The van der Waals surface area contributed by atoms with Gasteiger partial charge in [-0.3, -0.25) is 4.79 Å². The van der Waals surface area contributed by atoms with E-state index in [0.717, 1.165) is 5.92 Å². The SMILES string of the molecule is CC(C)C(=O)N1[C@@H]2CC[C@H]1C[C@@H](C)C2. The van der Waals surface area contributed by atoms with Gasteiger partial charge in [-0.05, 0) is 31.6 Å². The first kappa shape index (κ1) is 10.0. The van der Waals surface area contributed by atoms with Crippen LogP contribution in [0.2, 0.25) is 0 Å². The Morgan fingerprint density at radius 2 is 1.71 bits per heavy atom. The van der Waals surface area contributed by atoms with Gasteiger partial charge in [0.2, 0.25) is 5.91 Å². The molecule has 0 unspecified atom stereocenters. The van der Waals surface area contributed by atoms with Crippen molar-refractivity contribution in [3.63, 3.8) is 0 Å². The molecule has 0 saturated carbocycles. The van der Waals surface area contributed by atoms with Gasteiger partial charge < -0.3 is 4.90 Å². The molecule has 80 valence electrons. The number of carbonyl (C=O) groups is 1. The number of amides is 1. The van der Waals surface area contributed by atoms with Gasteiger partial charge in [-0.15, -0.1) is 0 Å². The second kappa shape index (κ2) is 3.56. The van der Waals surface area contributed by atoms with Crippen molar-refractivity contribution in [1.82, 2.24) is 4.90 Å². The first-order valence-electron chi connectivity index (χ1n) is 5.91. The highest BCUT2D eigenvalue weighted by atomic mass is 16.2. The van der Waals surface area contributed by atoms with Crippen LogP contribution in [0.5, 0.6) is 0 Å². The second-order valence-electron chi connectivity index (χ2n) is 5.36. The summed E-state index contributed by atoms with van der Waals surface area (Å²) in [7, 11) is 0. The van der Waals surface area contributed by atoms with Crippen LogP contribution in [0.25, 0.3) is 0 Å². The molecule has 2 saturated heterocycles. The molecule has 3 atom stereocenters. The van der Waals surface area contributed by atoms with Crippen molar-refractivity contribution in [3.8, 4) is 0 Å². The fraction of sp³-hybridized carbons (Fsp3) is 0.917. The zero-order chi connectivity index (χ0) is 10.3. The van der Waals surface area contributed by atoms with Gasteiger partial charge in [-0.2, -0.15) is 0 Å². The Bertz CT molecular complexity index is 222. The van der Waals surface area contributed by atoms with Crippen LogP contribution in [0.4, 0.5) is 0 Å². The highest BCUT2D eigenvalue weighted by Crippen LogP contribution is 2.39. The molecule has 0 aliphatic carbocycles. The normalized spacial score (nSPS) is 36.6. The average molecular weight is 195 g/mol. The van der Waals surface area contributed by atoms with E-state index >= 15 is 0 Å². The van der Waals surface area contributed by atoms with Crippen LogP contribution >= 0.6 is 0 Å². The van der Waals surface area contributed by atoms with Crippen LogP contribution in [0.3, 0.4) is 0 Å². The van der Waals surface area contributed by atoms with Gasteiger partial charge in [-0.1, -0.05) is 20.8 Å². The lowest BCUT2D eigenvalue weighted by molar-refractivity contribution is -0.139. The van der Waals surface area contributed by atoms with Crippen molar-refractivity contribution in [2.24, 2.45) is 11.8 Å². The van der Waals surface area contributed by atoms with E-state index in [1.54, 1.807) is 0 Å². The van der Waals surface area contributed by atoms with Crippen molar-refractivity contribution in [1.29, 1.82) is 0 Å². The van der Waals surface area contributed by atoms with E-state index in [-0.39, 0.29) is 5.92 Å². The smallest absolute Gasteiger partial charge is 0.225 e. The van der Waals surface area contributed by atoms with Crippen LogP contribution < -0.4 is 0 Å². The van der Waals surface area contributed by atoms with Crippen LogP contribution in [0.1, 0.15) is 46.5 Å². The van der Waals surface area contributed by atoms with Gasteiger partial charge in [0.25, 0.3) is 0 Å². The summed E-state index contributed by atoms with van der Waals surface area (Å²) in [4.78, 5) is 14.2. The molecule has 0 radical (unpaired) electrons. The Morgan fingerprint density at radius 1 is 1.21 bits per heavy atom. The number of piperidine rings is 1. The molecule has 1 amide bonds. The molecule has 2 bridgehead atoms. The molecular weight excluding hydrogens is 174 g/mol. The van der Waals surface area contributed by atoms with E-state index in [9.17, 15) is 4.79 Å². The van der Waals surface area contributed by atoms with Gasteiger partial charge in [-0.25, -0.2) is 0 Å². The zero-order valence-corrected chi connectivity index (χ0v) is 9.49. The van der Waals surface area contributed by atoms with Gasteiger partial charge in [0.15, 0.2) is 0 Å². The molecule has 2 heterocycles. The monoisotopic (exact) mass is 195 g/mol. The lowest BCUT2D eigenvalue weighted by atomic mass is 9.91. The summed E-state index contributed by atoms with van der Waals surface area (Å²) in [5, 5.41) is 0. The summed E-state index contributed by atoms with van der Waals surface area (Å²) < 4.78 is 0. The third-order valence-electron chi connectivity index (χ3n) is 3.72. The van der Waals surface area contributed by atoms with E-state index in [1.807, 2.05) is 13.8 Å². The third-order valence-corrected chi connectivity index (χ3v) is 3.72. The summed E-state index contributed by atoms with van der Waals surface area (Å²) in [6.45, 7) is 6.35. The van der Waals surface area contributed by atoms with E-state index in [1.165, 1.54) is 25.7 Å². The lowest BCUT2D eigenvalue weighted by Crippen LogP contribution is -2.47. The van der Waals surface area contributed by atoms with E-state index in [0.29, 0.717) is 18.0 Å². The molecule has 2 rings (SSSR count). The Balaban J connectivity index is 2.11. The van der Waals surface area contributed by atoms with Crippen LogP contribution in [0.15, 0.2) is 0 Å². The summed E-state index contributed by atoms with van der Waals surface area (Å²) >= 11 is 0. The summed E-state index contributed by atoms with van der Waals surface area (Å²) in [6, 6.07) is 1.14.